The summed E-state index contributed by atoms with van der Waals surface area (Å²) >= 11 is 7.70. The molecule has 1 aromatic heterocycles. The van der Waals surface area contributed by atoms with E-state index in [1.54, 1.807) is 0 Å². The fourth-order valence-electron chi connectivity index (χ4n) is 3.08. The zero-order valence-corrected chi connectivity index (χ0v) is 15.9. The standard InChI is InChI=1S/C18H15ClN4O3S/c1-25-13(24)8-27-18-22-16(21-17(20)23-18)15-11-4-2-3-9-6-26-7-10(14(9)11)5-12(15)19/h2-5H,6-8H2,1H3,(H2,20,21,22,23). The van der Waals surface area contributed by atoms with Crippen molar-refractivity contribution in [2.24, 2.45) is 0 Å². The molecule has 0 atom stereocenters. The second kappa shape index (κ2) is 7.30. The second-order valence-electron chi connectivity index (χ2n) is 5.89. The molecule has 7 nitrogen and oxygen atoms in total. The number of methoxy groups -OCH3 is 1. The number of esters is 1. The lowest BCUT2D eigenvalue weighted by atomic mass is 9.94. The summed E-state index contributed by atoms with van der Waals surface area (Å²) < 4.78 is 10.3. The van der Waals surface area contributed by atoms with Crippen LogP contribution in [0.3, 0.4) is 0 Å². The highest BCUT2D eigenvalue weighted by molar-refractivity contribution is 7.99. The Kier molecular flexibility index (Phi) is 4.86. The van der Waals surface area contributed by atoms with Crippen molar-refractivity contribution < 1.29 is 14.3 Å². The summed E-state index contributed by atoms with van der Waals surface area (Å²) in [6.07, 6.45) is 0. The van der Waals surface area contributed by atoms with Gasteiger partial charge in [0.2, 0.25) is 5.95 Å². The number of carbonyl (C=O) groups excluding carboxylic acids is 1. The maximum atomic E-state index is 11.4. The molecule has 2 aromatic carbocycles. The molecule has 0 saturated carbocycles. The average molecular weight is 403 g/mol. The number of rotatable bonds is 4. The molecule has 0 fully saturated rings. The second-order valence-corrected chi connectivity index (χ2v) is 7.24. The van der Waals surface area contributed by atoms with Crippen molar-refractivity contribution in [3.63, 3.8) is 0 Å². The van der Waals surface area contributed by atoms with Gasteiger partial charge in [0.15, 0.2) is 11.0 Å². The Bertz CT molecular complexity index is 1060. The van der Waals surface area contributed by atoms with Crippen LogP contribution in [0.4, 0.5) is 5.95 Å². The number of ether oxygens (including phenoxy) is 2. The highest BCUT2D eigenvalue weighted by Crippen LogP contribution is 2.39. The summed E-state index contributed by atoms with van der Waals surface area (Å²) in [6.45, 7) is 1.05. The molecule has 1 aliphatic rings. The highest BCUT2D eigenvalue weighted by atomic mass is 35.5. The fraction of sp³-hybridized carbons (Fsp3) is 0.222. The van der Waals surface area contributed by atoms with Crippen molar-refractivity contribution in [2.45, 2.75) is 18.4 Å². The van der Waals surface area contributed by atoms with Gasteiger partial charge in [0, 0.05) is 5.56 Å². The van der Waals surface area contributed by atoms with Crippen molar-refractivity contribution in [3.05, 3.63) is 40.4 Å². The van der Waals surface area contributed by atoms with Gasteiger partial charge in [-0.3, -0.25) is 4.79 Å². The van der Waals surface area contributed by atoms with E-state index in [1.807, 2.05) is 24.3 Å². The van der Waals surface area contributed by atoms with Crippen LogP contribution in [0.1, 0.15) is 11.1 Å². The lowest BCUT2D eigenvalue weighted by Gasteiger charge is -2.20. The van der Waals surface area contributed by atoms with Gasteiger partial charge in [-0.25, -0.2) is 4.98 Å². The number of carbonyl (C=O) groups is 1. The zero-order chi connectivity index (χ0) is 19.0. The first-order chi connectivity index (χ1) is 13.1. The number of aromatic nitrogens is 3. The summed E-state index contributed by atoms with van der Waals surface area (Å²) in [7, 11) is 1.33. The van der Waals surface area contributed by atoms with E-state index < -0.39 is 0 Å². The molecule has 27 heavy (non-hydrogen) atoms. The summed E-state index contributed by atoms with van der Waals surface area (Å²) in [5.74, 6) is 0.136. The lowest BCUT2D eigenvalue weighted by molar-refractivity contribution is -0.137. The molecule has 0 radical (unpaired) electrons. The van der Waals surface area contributed by atoms with E-state index in [-0.39, 0.29) is 17.7 Å². The van der Waals surface area contributed by atoms with Gasteiger partial charge in [0.25, 0.3) is 0 Å². The number of nitrogens with two attached hydrogens (primary N) is 1. The predicted octanol–water partition coefficient (Wildman–Crippen LogP) is 3.22. The number of nitrogens with zero attached hydrogens (tertiary/aromatic N) is 3. The van der Waals surface area contributed by atoms with Gasteiger partial charge in [-0.15, -0.1) is 0 Å². The van der Waals surface area contributed by atoms with Gasteiger partial charge in [-0.05, 0) is 28.0 Å². The number of hydrogen-bond acceptors (Lipinski definition) is 8. The molecule has 0 unspecified atom stereocenters. The van der Waals surface area contributed by atoms with Crippen LogP contribution in [0.5, 0.6) is 0 Å². The summed E-state index contributed by atoms with van der Waals surface area (Å²) in [5, 5.41) is 2.89. The quantitative estimate of drug-likeness (QED) is 0.524. The largest absolute Gasteiger partial charge is 0.468 e. The molecule has 0 aliphatic carbocycles. The fourth-order valence-corrected chi connectivity index (χ4v) is 4.07. The van der Waals surface area contributed by atoms with Gasteiger partial charge in [-0.1, -0.05) is 41.6 Å². The minimum Gasteiger partial charge on any atom is -0.468 e. The Morgan fingerprint density at radius 2 is 2.11 bits per heavy atom. The number of halogens is 1. The monoisotopic (exact) mass is 402 g/mol. The van der Waals surface area contributed by atoms with E-state index in [1.165, 1.54) is 7.11 Å². The number of thioether (sulfide) groups is 1. The SMILES string of the molecule is COC(=O)CSc1nc(N)nc(-c2c(Cl)cc3c4c(cccc24)COC3)n1. The Hall–Kier alpha value is -2.42. The van der Waals surface area contributed by atoms with Crippen molar-refractivity contribution >= 4 is 46.1 Å². The molecule has 138 valence electrons. The van der Waals surface area contributed by atoms with Gasteiger partial charge < -0.3 is 15.2 Å². The average Bonchev–Trinajstić information content (AvgIpc) is 2.66. The predicted molar refractivity (Wildman–Crippen MR) is 103 cm³/mol. The molecule has 2 heterocycles. The Morgan fingerprint density at radius 1 is 1.30 bits per heavy atom. The van der Waals surface area contributed by atoms with E-state index in [0.29, 0.717) is 34.8 Å². The Morgan fingerprint density at radius 3 is 2.93 bits per heavy atom. The zero-order valence-electron chi connectivity index (χ0n) is 14.4. The molecule has 0 saturated heterocycles. The van der Waals surface area contributed by atoms with Crippen molar-refractivity contribution in [1.29, 1.82) is 0 Å². The van der Waals surface area contributed by atoms with Gasteiger partial charge in [-0.2, -0.15) is 9.97 Å². The Labute approximate surface area is 164 Å². The molecule has 3 aromatic rings. The van der Waals surface area contributed by atoms with E-state index in [9.17, 15) is 4.79 Å². The summed E-state index contributed by atoms with van der Waals surface area (Å²) in [4.78, 5) is 24.2. The normalized spacial score (nSPS) is 13.0. The van der Waals surface area contributed by atoms with Gasteiger partial charge >= 0.3 is 5.97 Å². The minimum atomic E-state index is -0.375. The molecule has 0 spiro atoms. The summed E-state index contributed by atoms with van der Waals surface area (Å²) in [5.41, 5.74) is 8.68. The number of nitrogen functional groups attached to an aromatic ring is 1. The van der Waals surface area contributed by atoms with Crippen LogP contribution in [-0.2, 0) is 27.5 Å². The third-order valence-corrected chi connectivity index (χ3v) is 5.32. The first-order valence-corrected chi connectivity index (χ1v) is 9.45. The maximum absolute atomic E-state index is 11.4. The highest BCUT2D eigenvalue weighted by Gasteiger charge is 2.21. The molecule has 1 aliphatic heterocycles. The maximum Gasteiger partial charge on any atom is 0.316 e. The van der Waals surface area contributed by atoms with Crippen LogP contribution in [0.25, 0.3) is 22.2 Å². The smallest absolute Gasteiger partial charge is 0.316 e. The van der Waals surface area contributed by atoms with Crippen LogP contribution in [-0.4, -0.2) is 33.8 Å². The van der Waals surface area contributed by atoms with E-state index >= 15 is 0 Å². The number of benzene rings is 2. The molecular formula is C18H15ClN4O3S. The molecule has 9 heteroatoms. The lowest BCUT2D eigenvalue weighted by Crippen LogP contribution is -2.08. The van der Waals surface area contributed by atoms with E-state index in [0.717, 1.165) is 33.7 Å². The van der Waals surface area contributed by atoms with Crippen LogP contribution in [0.2, 0.25) is 5.02 Å². The van der Waals surface area contributed by atoms with Crippen LogP contribution in [0, 0.1) is 0 Å². The van der Waals surface area contributed by atoms with Crippen molar-refractivity contribution in [1.82, 2.24) is 15.0 Å². The molecule has 2 N–H and O–H groups in total. The molecular weight excluding hydrogens is 388 g/mol. The van der Waals surface area contributed by atoms with Crippen LogP contribution in [0.15, 0.2) is 29.4 Å². The topological polar surface area (TPSA) is 100 Å². The third kappa shape index (κ3) is 3.43. The minimum absolute atomic E-state index is 0.0623. The molecule has 0 amide bonds. The number of anilines is 1. The first-order valence-electron chi connectivity index (χ1n) is 8.09. The van der Waals surface area contributed by atoms with Crippen LogP contribution >= 0.6 is 23.4 Å². The van der Waals surface area contributed by atoms with E-state index in [2.05, 4.69) is 19.7 Å². The summed E-state index contributed by atoms with van der Waals surface area (Å²) in [6, 6.07) is 7.84. The van der Waals surface area contributed by atoms with Crippen molar-refractivity contribution in [3.8, 4) is 11.4 Å². The van der Waals surface area contributed by atoms with Crippen molar-refractivity contribution in [2.75, 3.05) is 18.6 Å². The Balaban J connectivity index is 1.86. The van der Waals surface area contributed by atoms with Gasteiger partial charge in [0.05, 0.1) is 31.1 Å². The van der Waals surface area contributed by atoms with E-state index in [4.69, 9.17) is 22.1 Å². The van der Waals surface area contributed by atoms with Crippen LogP contribution < -0.4 is 5.73 Å². The first kappa shape index (κ1) is 18.0. The third-order valence-electron chi connectivity index (χ3n) is 4.20. The molecule has 4 rings (SSSR count). The number of hydrogen-bond donors (Lipinski definition) is 1. The van der Waals surface area contributed by atoms with Gasteiger partial charge in [0.1, 0.15) is 0 Å². The molecule has 0 bridgehead atoms.